The van der Waals surface area contributed by atoms with Gasteiger partial charge in [0.15, 0.2) is 0 Å². The van der Waals surface area contributed by atoms with Crippen molar-refractivity contribution in [2.75, 3.05) is 6.61 Å². The summed E-state index contributed by atoms with van der Waals surface area (Å²) in [6, 6.07) is 12.5. The summed E-state index contributed by atoms with van der Waals surface area (Å²) in [6.45, 7) is 14.7. The van der Waals surface area contributed by atoms with E-state index in [1.165, 1.54) is 10.9 Å². The zero-order valence-electron chi connectivity index (χ0n) is 19.0. The molecule has 0 heterocycles. The van der Waals surface area contributed by atoms with Gasteiger partial charge in [0.05, 0.1) is 12.5 Å². The fraction of sp³-hybridized carbons (Fsp3) is 0.538. The van der Waals surface area contributed by atoms with Gasteiger partial charge in [0.25, 0.3) is 0 Å². The van der Waals surface area contributed by atoms with Crippen molar-refractivity contribution in [2.45, 2.75) is 67.2 Å². The maximum Gasteiger partial charge on any atom is 0.309 e. The van der Waals surface area contributed by atoms with Gasteiger partial charge < -0.3 is 4.74 Å². The molecule has 2 aromatic carbocycles. The Bertz CT molecular complexity index is 858. The minimum Gasteiger partial charge on any atom is -0.465 e. The summed E-state index contributed by atoms with van der Waals surface area (Å²) < 4.78 is 5.51. The topological polar surface area (TPSA) is 43.4 Å². The number of ketones is 1. The number of carbonyl (C=O) groups excluding carboxylic acids is 2. The molecule has 0 N–H and O–H groups in total. The summed E-state index contributed by atoms with van der Waals surface area (Å²) in [5, 5.41) is 2.31. The van der Waals surface area contributed by atoms with E-state index in [9.17, 15) is 9.59 Å². The number of Topliss-reactive ketones (excluding diaryl/α,β-unsaturated/α-hetero) is 1. The molecule has 158 valence electrons. The second-order valence-electron chi connectivity index (χ2n) is 9.83. The van der Waals surface area contributed by atoms with Gasteiger partial charge in [-0.3, -0.25) is 9.59 Å². The molecule has 0 aromatic heterocycles. The molecule has 0 fully saturated rings. The van der Waals surface area contributed by atoms with E-state index in [0.29, 0.717) is 6.61 Å². The fourth-order valence-corrected chi connectivity index (χ4v) is 3.39. The second-order valence-corrected chi connectivity index (χ2v) is 9.83. The van der Waals surface area contributed by atoms with Crippen molar-refractivity contribution in [1.82, 2.24) is 0 Å². The van der Waals surface area contributed by atoms with Crippen LogP contribution >= 0.6 is 0 Å². The average molecular weight is 397 g/mol. The Balaban J connectivity index is 2.06. The van der Waals surface area contributed by atoms with E-state index < -0.39 is 5.92 Å². The highest BCUT2D eigenvalue weighted by Crippen LogP contribution is 2.27. The third-order valence-electron chi connectivity index (χ3n) is 5.63. The molecule has 0 aliphatic rings. The molecule has 0 aliphatic heterocycles. The van der Waals surface area contributed by atoms with E-state index in [1.54, 1.807) is 0 Å². The minimum absolute atomic E-state index is 0.0628. The lowest BCUT2D eigenvalue weighted by Gasteiger charge is -2.22. The van der Waals surface area contributed by atoms with Crippen molar-refractivity contribution in [3.63, 3.8) is 0 Å². The van der Waals surface area contributed by atoms with Gasteiger partial charge in [-0.1, -0.05) is 83.5 Å². The molecular weight excluding hydrogens is 360 g/mol. The van der Waals surface area contributed by atoms with Crippen molar-refractivity contribution >= 4 is 22.5 Å². The highest BCUT2D eigenvalue weighted by Gasteiger charge is 2.29. The number of benzene rings is 2. The molecule has 0 radical (unpaired) electrons. The molecule has 0 bridgehead atoms. The summed E-state index contributed by atoms with van der Waals surface area (Å²) in [4.78, 5) is 25.6. The van der Waals surface area contributed by atoms with Gasteiger partial charge in [-0.25, -0.2) is 0 Å². The van der Waals surface area contributed by atoms with E-state index in [1.807, 2.05) is 26.8 Å². The number of hydrogen-bond donors (Lipinski definition) is 0. The smallest absolute Gasteiger partial charge is 0.309 e. The Labute approximate surface area is 175 Å². The number of fused-ring (bicyclic) bond motifs is 1. The largest absolute Gasteiger partial charge is 0.465 e. The number of rotatable bonds is 8. The van der Waals surface area contributed by atoms with Crippen molar-refractivity contribution in [3.05, 3.63) is 47.5 Å². The fourth-order valence-electron chi connectivity index (χ4n) is 3.39. The number of ether oxygens (including phenoxy) is 1. The SMILES string of the molecule is Cc1ccc2cc([C@H](C)C(=O)CC(C(=O)OCCC(C)(C)C)C(C)C)ccc2c1. The van der Waals surface area contributed by atoms with Crippen molar-refractivity contribution in [1.29, 1.82) is 0 Å². The molecule has 2 atom stereocenters. The highest BCUT2D eigenvalue weighted by molar-refractivity contribution is 5.91. The third-order valence-corrected chi connectivity index (χ3v) is 5.63. The lowest BCUT2D eigenvalue weighted by Crippen LogP contribution is -2.28. The summed E-state index contributed by atoms with van der Waals surface area (Å²) >= 11 is 0. The lowest BCUT2D eigenvalue weighted by molar-refractivity contribution is -0.152. The molecule has 0 spiro atoms. The van der Waals surface area contributed by atoms with Crippen LogP contribution in [0.15, 0.2) is 36.4 Å². The van der Waals surface area contributed by atoms with Gasteiger partial charge in [-0.05, 0) is 41.0 Å². The first kappa shape index (κ1) is 23.1. The number of hydrogen-bond acceptors (Lipinski definition) is 3. The van der Waals surface area contributed by atoms with Crippen LogP contribution in [0.2, 0.25) is 0 Å². The summed E-state index contributed by atoms with van der Waals surface area (Å²) in [5.41, 5.74) is 2.33. The Kier molecular flexibility index (Phi) is 7.62. The van der Waals surface area contributed by atoms with Gasteiger partial charge in [-0.2, -0.15) is 0 Å². The average Bonchev–Trinajstić information content (AvgIpc) is 2.63. The van der Waals surface area contributed by atoms with E-state index >= 15 is 0 Å². The van der Waals surface area contributed by atoms with Crippen LogP contribution in [-0.4, -0.2) is 18.4 Å². The summed E-state index contributed by atoms with van der Waals surface area (Å²) in [6.07, 6.45) is 1.03. The molecule has 0 saturated carbocycles. The highest BCUT2D eigenvalue weighted by atomic mass is 16.5. The third kappa shape index (κ3) is 6.69. The van der Waals surface area contributed by atoms with Crippen molar-refractivity contribution in [2.24, 2.45) is 17.3 Å². The molecule has 1 unspecified atom stereocenters. The molecule has 0 saturated heterocycles. The molecule has 2 aromatic rings. The van der Waals surface area contributed by atoms with Crippen LogP contribution in [0.25, 0.3) is 10.8 Å². The molecule has 29 heavy (non-hydrogen) atoms. The van der Waals surface area contributed by atoms with Crippen LogP contribution in [0.4, 0.5) is 0 Å². The zero-order chi connectivity index (χ0) is 21.8. The minimum atomic E-state index is -0.395. The molecular formula is C26H36O3. The predicted octanol–water partition coefficient (Wildman–Crippen LogP) is 6.46. The Morgan fingerprint density at radius 1 is 0.966 bits per heavy atom. The van der Waals surface area contributed by atoms with Crippen LogP contribution in [0.5, 0.6) is 0 Å². The number of esters is 1. The Morgan fingerprint density at radius 2 is 1.59 bits per heavy atom. The van der Waals surface area contributed by atoms with Gasteiger partial charge >= 0.3 is 5.97 Å². The van der Waals surface area contributed by atoms with E-state index in [0.717, 1.165) is 17.4 Å². The van der Waals surface area contributed by atoms with E-state index in [4.69, 9.17) is 4.74 Å². The quantitative estimate of drug-likeness (QED) is 0.481. The second kappa shape index (κ2) is 9.56. The van der Waals surface area contributed by atoms with Gasteiger partial charge in [0.1, 0.15) is 5.78 Å². The van der Waals surface area contributed by atoms with Crippen LogP contribution < -0.4 is 0 Å². The molecule has 3 nitrogen and oxygen atoms in total. The Hall–Kier alpha value is -2.16. The molecule has 0 aliphatic carbocycles. The van der Waals surface area contributed by atoms with Crippen LogP contribution in [0.3, 0.4) is 0 Å². The van der Waals surface area contributed by atoms with Crippen LogP contribution in [0.1, 0.15) is 71.4 Å². The van der Waals surface area contributed by atoms with Crippen LogP contribution in [0, 0.1) is 24.2 Å². The maximum atomic E-state index is 13.0. The number of aryl methyl sites for hydroxylation is 1. The standard InChI is InChI=1S/C26H36O3/c1-17(2)23(25(28)29-13-12-26(5,6)7)16-24(27)19(4)20-10-11-21-14-18(3)8-9-22(21)15-20/h8-11,14-15,17,19,23H,12-13,16H2,1-7H3/t19-,23?/m0/s1. The predicted molar refractivity (Wildman–Crippen MR) is 120 cm³/mol. The first-order valence-corrected chi connectivity index (χ1v) is 10.7. The van der Waals surface area contributed by atoms with Crippen LogP contribution in [-0.2, 0) is 14.3 Å². The first-order chi connectivity index (χ1) is 13.5. The summed E-state index contributed by atoms with van der Waals surface area (Å²) in [7, 11) is 0. The van der Waals surface area contributed by atoms with Gasteiger partial charge in [0.2, 0.25) is 0 Å². The maximum absolute atomic E-state index is 13.0. The number of carbonyl (C=O) groups is 2. The Morgan fingerprint density at radius 3 is 2.21 bits per heavy atom. The molecule has 3 heteroatoms. The van der Waals surface area contributed by atoms with Crippen molar-refractivity contribution < 1.29 is 14.3 Å². The molecule has 0 amide bonds. The van der Waals surface area contributed by atoms with E-state index in [-0.39, 0.29) is 35.4 Å². The lowest BCUT2D eigenvalue weighted by atomic mass is 9.85. The van der Waals surface area contributed by atoms with Crippen molar-refractivity contribution in [3.8, 4) is 0 Å². The monoisotopic (exact) mass is 396 g/mol. The van der Waals surface area contributed by atoms with E-state index in [2.05, 4.69) is 58.0 Å². The molecule has 2 rings (SSSR count). The first-order valence-electron chi connectivity index (χ1n) is 10.7. The van der Waals surface area contributed by atoms with Gasteiger partial charge in [-0.15, -0.1) is 0 Å². The van der Waals surface area contributed by atoms with Gasteiger partial charge in [0, 0.05) is 12.3 Å². The zero-order valence-corrected chi connectivity index (χ0v) is 19.0. The normalized spacial score (nSPS) is 14.1. The summed E-state index contributed by atoms with van der Waals surface area (Å²) in [5.74, 6) is -0.744.